The highest BCUT2D eigenvalue weighted by molar-refractivity contribution is 6.18. The second-order valence-corrected chi connectivity index (χ2v) is 3.18. The molecular weight excluding hydrogens is 231 g/mol. The van der Waals surface area contributed by atoms with Crippen LogP contribution in [0.5, 0.6) is 0 Å². The minimum atomic E-state index is 0. The van der Waals surface area contributed by atoms with Crippen molar-refractivity contribution in [1.29, 1.82) is 0 Å². The van der Waals surface area contributed by atoms with E-state index in [4.69, 9.17) is 5.73 Å². The SMILES string of the molecule is Cl.Cl.NC1=Nc2cccc3cccc1c23. The van der Waals surface area contributed by atoms with Gasteiger partial charge in [-0.15, -0.1) is 24.8 Å². The van der Waals surface area contributed by atoms with Gasteiger partial charge in [-0.1, -0.05) is 30.3 Å². The highest BCUT2D eigenvalue weighted by Crippen LogP contribution is 2.33. The molecule has 15 heavy (non-hydrogen) atoms. The summed E-state index contributed by atoms with van der Waals surface area (Å²) < 4.78 is 0. The van der Waals surface area contributed by atoms with Gasteiger partial charge in [-0.3, -0.25) is 0 Å². The van der Waals surface area contributed by atoms with Gasteiger partial charge in [-0.05, 0) is 11.5 Å². The fourth-order valence-electron chi connectivity index (χ4n) is 1.82. The molecule has 2 N–H and O–H groups in total. The van der Waals surface area contributed by atoms with Crippen LogP contribution in [0.2, 0.25) is 0 Å². The summed E-state index contributed by atoms with van der Waals surface area (Å²) in [4.78, 5) is 4.29. The van der Waals surface area contributed by atoms with Crippen LogP contribution in [0, 0.1) is 0 Å². The van der Waals surface area contributed by atoms with Gasteiger partial charge < -0.3 is 5.73 Å². The second kappa shape index (κ2) is 4.09. The molecule has 0 radical (unpaired) electrons. The van der Waals surface area contributed by atoms with Gasteiger partial charge in [0.1, 0.15) is 5.84 Å². The van der Waals surface area contributed by atoms with Crippen molar-refractivity contribution in [3.8, 4) is 0 Å². The van der Waals surface area contributed by atoms with Crippen molar-refractivity contribution in [3.63, 3.8) is 0 Å². The van der Waals surface area contributed by atoms with Gasteiger partial charge in [0.25, 0.3) is 0 Å². The first-order chi connectivity index (χ1) is 6.36. The molecule has 1 aliphatic rings. The van der Waals surface area contributed by atoms with Gasteiger partial charge in [0.05, 0.1) is 5.69 Å². The minimum Gasteiger partial charge on any atom is -0.383 e. The van der Waals surface area contributed by atoms with Crippen LogP contribution in [0.1, 0.15) is 5.56 Å². The Hall–Kier alpha value is -1.25. The number of nitrogens with two attached hydrogens (primary N) is 1. The molecule has 0 aliphatic carbocycles. The number of nitrogens with zero attached hydrogens (tertiary/aromatic N) is 1. The van der Waals surface area contributed by atoms with Crippen molar-refractivity contribution in [2.24, 2.45) is 10.7 Å². The third-order valence-corrected chi connectivity index (χ3v) is 2.40. The molecule has 0 amide bonds. The monoisotopic (exact) mass is 240 g/mol. The van der Waals surface area contributed by atoms with E-state index in [1.54, 1.807) is 0 Å². The van der Waals surface area contributed by atoms with Crippen LogP contribution in [0.15, 0.2) is 41.4 Å². The van der Waals surface area contributed by atoms with Gasteiger partial charge in [0, 0.05) is 10.9 Å². The van der Waals surface area contributed by atoms with Crippen molar-refractivity contribution in [1.82, 2.24) is 0 Å². The Morgan fingerprint density at radius 3 is 2.33 bits per heavy atom. The molecular formula is C11H10Cl2N2. The molecule has 2 aromatic rings. The fourth-order valence-corrected chi connectivity index (χ4v) is 1.82. The van der Waals surface area contributed by atoms with E-state index in [0.29, 0.717) is 5.84 Å². The van der Waals surface area contributed by atoms with Crippen LogP contribution in [0.25, 0.3) is 10.8 Å². The van der Waals surface area contributed by atoms with Crippen LogP contribution in [0.3, 0.4) is 0 Å². The number of hydrogen-bond donors (Lipinski definition) is 1. The zero-order valence-electron chi connectivity index (χ0n) is 7.81. The number of hydrogen-bond acceptors (Lipinski definition) is 2. The van der Waals surface area contributed by atoms with Gasteiger partial charge in [-0.25, -0.2) is 4.99 Å². The maximum atomic E-state index is 5.79. The zero-order valence-corrected chi connectivity index (χ0v) is 9.44. The Bertz CT molecular complexity index is 530. The topological polar surface area (TPSA) is 38.4 Å². The molecule has 0 saturated carbocycles. The van der Waals surface area contributed by atoms with E-state index in [1.807, 2.05) is 24.3 Å². The van der Waals surface area contributed by atoms with Crippen LogP contribution >= 0.6 is 24.8 Å². The lowest BCUT2D eigenvalue weighted by molar-refractivity contribution is 1.55. The Morgan fingerprint density at radius 2 is 1.60 bits per heavy atom. The first-order valence-corrected chi connectivity index (χ1v) is 4.22. The molecule has 2 nitrogen and oxygen atoms in total. The predicted octanol–water partition coefficient (Wildman–Crippen LogP) is 3.03. The number of rotatable bonds is 0. The molecule has 2 aromatic carbocycles. The molecule has 4 heteroatoms. The smallest absolute Gasteiger partial charge is 0.132 e. The molecule has 78 valence electrons. The Balaban J connectivity index is 0.000000562. The molecule has 0 atom stereocenters. The van der Waals surface area contributed by atoms with Crippen LogP contribution in [-0.2, 0) is 0 Å². The Kier molecular flexibility index (Phi) is 3.22. The maximum absolute atomic E-state index is 5.79. The standard InChI is InChI=1S/C11H8N2.2ClH/c12-11-8-5-1-3-7-4-2-6-9(13-11)10(7)8;;/h1-6H,(H2,12,13);2*1H. The molecule has 0 fully saturated rings. The lowest BCUT2D eigenvalue weighted by atomic mass is 10.0. The molecule has 1 aliphatic heterocycles. The number of amidine groups is 1. The van der Waals surface area contributed by atoms with Crippen molar-refractivity contribution >= 4 is 47.1 Å². The van der Waals surface area contributed by atoms with Crippen molar-refractivity contribution in [3.05, 3.63) is 42.0 Å². The van der Waals surface area contributed by atoms with Crippen LogP contribution in [-0.4, -0.2) is 5.84 Å². The van der Waals surface area contributed by atoms with Crippen molar-refractivity contribution in [2.45, 2.75) is 0 Å². The summed E-state index contributed by atoms with van der Waals surface area (Å²) >= 11 is 0. The third-order valence-electron chi connectivity index (χ3n) is 2.40. The van der Waals surface area contributed by atoms with E-state index in [1.165, 1.54) is 10.8 Å². The lowest BCUT2D eigenvalue weighted by Gasteiger charge is -1.98. The molecule has 1 heterocycles. The molecule has 0 unspecified atom stereocenters. The molecule has 0 spiro atoms. The predicted molar refractivity (Wildman–Crippen MR) is 68.8 cm³/mol. The Morgan fingerprint density at radius 1 is 0.933 bits per heavy atom. The molecule has 3 rings (SSSR count). The highest BCUT2D eigenvalue weighted by Gasteiger charge is 2.14. The van der Waals surface area contributed by atoms with Crippen LogP contribution < -0.4 is 5.73 Å². The first-order valence-electron chi connectivity index (χ1n) is 4.22. The molecule has 0 aromatic heterocycles. The summed E-state index contributed by atoms with van der Waals surface area (Å²) in [6.45, 7) is 0. The van der Waals surface area contributed by atoms with Gasteiger partial charge in [-0.2, -0.15) is 0 Å². The number of aliphatic imine (C=N–C) groups is 1. The summed E-state index contributed by atoms with van der Waals surface area (Å²) in [6, 6.07) is 12.2. The van der Waals surface area contributed by atoms with Gasteiger partial charge in [0.2, 0.25) is 0 Å². The average molecular weight is 241 g/mol. The van der Waals surface area contributed by atoms with E-state index in [2.05, 4.69) is 17.1 Å². The summed E-state index contributed by atoms with van der Waals surface area (Å²) in [5.74, 6) is 0.631. The number of benzene rings is 2. The summed E-state index contributed by atoms with van der Waals surface area (Å²) in [6.07, 6.45) is 0. The first kappa shape index (κ1) is 11.8. The maximum Gasteiger partial charge on any atom is 0.132 e. The summed E-state index contributed by atoms with van der Waals surface area (Å²) in [5.41, 5.74) is 7.84. The fraction of sp³-hybridized carbons (Fsp3) is 0. The van der Waals surface area contributed by atoms with Crippen molar-refractivity contribution < 1.29 is 0 Å². The number of halogens is 2. The van der Waals surface area contributed by atoms with E-state index in [9.17, 15) is 0 Å². The Labute approximate surface area is 100 Å². The second-order valence-electron chi connectivity index (χ2n) is 3.18. The average Bonchev–Trinajstić information content (AvgIpc) is 2.47. The summed E-state index contributed by atoms with van der Waals surface area (Å²) in [7, 11) is 0. The largest absolute Gasteiger partial charge is 0.383 e. The quantitative estimate of drug-likeness (QED) is 0.756. The highest BCUT2D eigenvalue weighted by atomic mass is 35.5. The third kappa shape index (κ3) is 1.56. The molecule has 0 saturated heterocycles. The molecule has 0 bridgehead atoms. The van der Waals surface area contributed by atoms with Crippen LogP contribution in [0.4, 0.5) is 5.69 Å². The minimum absolute atomic E-state index is 0. The van der Waals surface area contributed by atoms with Gasteiger partial charge >= 0.3 is 0 Å². The van der Waals surface area contributed by atoms with Crippen molar-refractivity contribution in [2.75, 3.05) is 0 Å². The summed E-state index contributed by atoms with van der Waals surface area (Å²) in [5, 5.41) is 2.39. The van der Waals surface area contributed by atoms with E-state index in [0.717, 1.165) is 11.3 Å². The lowest BCUT2D eigenvalue weighted by Crippen LogP contribution is -2.09. The van der Waals surface area contributed by atoms with Gasteiger partial charge in [0.15, 0.2) is 0 Å². The van der Waals surface area contributed by atoms with E-state index in [-0.39, 0.29) is 24.8 Å². The van der Waals surface area contributed by atoms with E-state index < -0.39 is 0 Å². The normalized spacial score (nSPS) is 11.6. The van der Waals surface area contributed by atoms with E-state index >= 15 is 0 Å². The zero-order chi connectivity index (χ0) is 8.84.